The molecule has 0 saturated heterocycles. The van der Waals surface area contributed by atoms with E-state index in [1.54, 1.807) is 0 Å². The zero-order valence-corrected chi connectivity index (χ0v) is 10.7. The summed E-state index contributed by atoms with van der Waals surface area (Å²) in [6, 6.07) is 11.5. The van der Waals surface area contributed by atoms with Gasteiger partial charge in [0, 0.05) is 11.6 Å². The van der Waals surface area contributed by atoms with Crippen LogP contribution in [-0.4, -0.2) is 6.04 Å². The van der Waals surface area contributed by atoms with Crippen LogP contribution in [0.15, 0.2) is 30.3 Å². The molecule has 0 bridgehead atoms. The van der Waals surface area contributed by atoms with Crippen molar-refractivity contribution < 1.29 is 0 Å². The standard InChI is InChI=1S/C15H23N/c1-4-12(2)13(3)16-15(10-11-15)14-8-6-5-7-9-14/h5-9,12-13,16H,4,10-11H2,1-3H3. The fraction of sp³-hybridized carbons (Fsp3) is 0.600. The molecule has 1 saturated carbocycles. The molecule has 1 heteroatoms. The first-order chi connectivity index (χ1) is 7.68. The van der Waals surface area contributed by atoms with Crippen LogP contribution in [0, 0.1) is 5.92 Å². The van der Waals surface area contributed by atoms with E-state index in [9.17, 15) is 0 Å². The molecular weight excluding hydrogens is 194 g/mol. The van der Waals surface area contributed by atoms with Gasteiger partial charge in [0.05, 0.1) is 0 Å². The lowest BCUT2D eigenvalue weighted by Crippen LogP contribution is -2.40. The summed E-state index contributed by atoms with van der Waals surface area (Å²) in [5.74, 6) is 0.751. The fourth-order valence-corrected chi connectivity index (χ4v) is 2.33. The van der Waals surface area contributed by atoms with Gasteiger partial charge in [-0.2, -0.15) is 0 Å². The van der Waals surface area contributed by atoms with Crippen LogP contribution in [0.3, 0.4) is 0 Å². The third-order valence-corrected chi connectivity index (χ3v) is 4.08. The molecule has 0 radical (unpaired) electrons. The number of hydrogen-bond donors (Lipinski definition) is 1. The molecule has 1 N–H and O–H groups in total. The largest absolute Gasteiger partial charge is 0.305 e. The van der Waals surface area contributed by atoms with Gasteiger partial charge in [-0.3, -0.25) is 0 Å². The van der Waals surface area contributed by atoms with Gasteiger partial charge in [0.25, 0.3) is 0 Å². The lowest BCUT2D eigenvalue weighted by molar-refractivity contribution is 0.339. The molecule has 1 aliphatic rings. The van der Waals surface area contributed by atoms with E-state index in [1.165, 1.54) is 24.8 Å². The minimum atomic E-state index is 0.296. The predicted octanol–water partition coefficient (Wildman–Crippen LogP) is 3.70. The second-order valence-electron chi connectivity index (χ2n) is 5.27. The van der Waals surface area contributed by atoms with Crippen molar-refractivity contribution in [2.75, 3.05) is 0 Å². The summed E-state index contributed by atoms with van der Waals surface area (Å²) in [6.07, 6.45) is 3.83. The van der Waals surface area contributed by atoms with E-state index in [2.05, 4.69) is 56.4 Å². The Morgan fingerprint density at radius 1 is 1.19 bits per heavy atom. The molecule has 16 heavy (non-hydrogen) atoms. The smallest absolute Gasteiger partial charge is 0.0438 e. The highest BCUT2D eigenvalue weighted by molar-refractivity contribution is 5.30. The second-order valence-corrected chi connectivity index (χ2v) is 5.27. The van der Waals surface area contributed by atoms with Crippen LogP contribution < -0.4 is 5.32 Å². The van der Waals surface area contributed by atoms with E-state index in [4.69, 9.17) is 0 Å². The summed E-state index contributed by atoms with van der Waals surface area (Å²) < 4.78 is 0. The third kappa shape index (κ3) is 2.30. The normalized spacial score (nSPS) is 21.4. The summed E-state index contributed by atoms with van der Waals surface area (Å²) in [5.41, 5.74) is 1.76. The molecule has 0 aliphatic heterocycles. The molecule has 2 rings (SSSR count). The van der Waals surface area contributed by atoms with Gasteiger partial charge in [0.1, 0.15) is 0 Å². The van der Waals surface area contributed by atoms with Crippen molar-refractivity contribution in [2.45, 2.75) is 51.6 Å². The van der Waals surface area contributed by atoms with Crippen molar-refractivity contribution in [1.29, 1.82) is 0 Å². The lowest BCUT2D eigenvalue weighted by Gasteiger charge is -2.27. The van der Waals surface area contributed by atoms with Crippen LogP contribution in [0.1, 0.15) is 45.6 Å². The van der Waals surface area contributed by atoms with Crippen LogP contribution in [0.2, 0.25) is 0 Å². The Labute approximate surface area is 99.3 Å². The molecule has 2 atom stereocenters. The van der Waals surface area contributed by atoms with E-state index in [0.29, 0.717) is 11.6 Å². The van der Waals surface area contributed by atoms with Crippen LogP contribution in [0.5, 0.6) is 0 Å². The topological polar surface area (TPSA) is 12.0 Å². The van der Waals surface area contributed by atoms with Crippen molar-refractivity contribution >= 4 is 0 Å². The molecule has 1 aromatic rings. The maximum atomic E-state index is 3.83. The van der Waals surface area contributed by atoms with Crippen LogP contribution in [0.4, 0.5) is 0 Å². The SMILES string of the molecule is CCC(C)C(C)NC1(c2ccccc2)CC1. The summed E-state index contributed by atoms with van der Waals surface area (Å²) in [7, 11) is 0. The van der Waals surface area contributed by atoms with Crippen molar-refractivity contribution in [3.63, 3.8) is 0 Å². The molecule has 1 aromatic carbocycles. The minimum absolute atomic E-state index is 0.296. The monoisotopic (exact) mass is 217 g/mol. The molecule has 0 amide bonds. The average Bonchev–Trinajstić information content (AvgIpc) is 3.10. The number of rotatable bonds is 5. The number of nitrogens with one attached hydrogen (secondary N) is 1. The van der Waals surface area contributed by atoms with E-state index >= 15 is 0 Å². The van der Waals surface area contributed by atoms with Crippen molar-refractivity contribution in [3.05, 3.63) is 35.9 Å². The zero-order chi connectivity index (χ0) is 11.6. The highest BCUT2D eigenvalue weighted by atomic mass is 15.1. The summed E-state index contributed by atoms with van der Waals surface area (Å²) >= 11 is 0. The van der Waals surface area contributed by atoms with Gasteiger partial charge in [0.15, 0.2) is 0 Å². The van der Waals surface area contributed by atoms with Crippen LogP contribution in [0.25, 0.3) is 0 Å². The first-order valence-electron chi connectivity index (χ1n) is 6.51. The Morgan fingerprint density at radius 3 is 2.31 bits per heavy atom. The van der Waals surface area contributed by atoms with Gasteiger partial charge < -0.3 is 5.32 Å². The van der Waals surface area contributed by atoms with Crippen molar-refractivity contribution in [2.24, 2.45) is 5.92 Å². The average molecular weight is 217 g/mol. The maximum absolute atomic E-state index is 3.83. The molecule has 0 aromatic heterocycles. The third-order valence-electron chi connectivity index (χ3n) is 4.08. The van der Waals surface area contributed by atoms with Gasteiger partial charge in [-0.25, -0.2) is 0 Å². The molecule has 0 heterocycles. The number of hydrogen-bond acceptors (Lipinski definition) is 1. The zero-order valence-electron chi connectivity index (χ0n) is 10.7. The quantitative estimate of drug-likeness (QED) is 0.793. The van der Waals surface area contributed by atoms with Gasteiger partial charge in [0.2, 0.25) is 0 Å². The van der Waals surface area contributed by atoms with Crippen LogP contribution >= 0.6 is 0 Å². The van der Waals surface area contributed by atoms with Gasteiger partial charge in [-0.05, 0) is 31.2 Å². The van der Waals surface area contributed by atoms with Crippen molar-refractivity contribution in [1.82, 2.24) is 5.32 Å². The lowest BCUT2D eigenvalue weighted by atomic mass is 9.97. The fourth-order valence-electron chi connectivity index (χ4n) is 2.33. The summed E-state index contributed by atoms with van der Waals surface area (Å²) in [6.45, 7) is 6.92. The first-order valence-corrected chi connectivity index (χ1v) is 6.51. The Hall–Kier alpha value is -0.820. The van der Waals surface area contributed by atoms with Gasteiger partial charge in [-0.15, -0.1) is 0 Å². The number of benzene rings is 1. The Balaban J connectivity index is 2.04. The first kappa shape index (κ1) is 11.7. The highest BCUT2D eigenvalue weighted by Crippen LogP contribution is 2.46. The molecule has 1 aliphatic carbocycles. The van der Waals surface area contributed by atoms with E-state index in [-0.39, 0.29) is 0 Å². The van der Waals surface area contributed by atoms with Crippen LogP contribution in [-0.2, 0) is 5.54 Å². The minimum Gasteiger partial charge on any atom is -0.305 e. The Morgan fingerprint density at radius 2 is 1.81 bits per heavy atom. The van der Waals surface area contributed by atoms with Gasteiger partial charge >= 0.3 is 0 Å². The maximum Gasteiger partial charge on any atom is 0.0438 e. The Kier molecular flexibility index (Phi) is 3.34. The molecular formula is C15H23N. The summed E-state index contributed by atoms with van der Waals surface area (Å²) in [4.78, 5) is 0. The Bertz CT molecular complexity index is 327. The van der Waals surface area contributed by atoms with Crippen molar-refractivity contribution in [3.8, 4) is 0 Å². The second kappa shape index (κ2) is 4.58. The molecule has 1 fully saturated rings. The molecule has 88 valence electrons. The van der Waals surface area contributed by atoms with E-state index in [1.807, 2.05) is 0 Å². The van der Waals surface area contributed by atoms with E-state index in [0.717, 1.165) is 5.92 Å². The summed E-state index contributed by atoms with van der Waals surface area (Å²) in [5, 5.41) is 3.83. The van der Waals surface area contributed by atoms with E-state index < -0.39 is 0 Å². The van der Waals surface area contributed by atoms with Gasteiger partial charge in [-0.1, -0.05) is 50.6 Å². The molecule has 2 unspecified atom stereocenters. The highest BCUT2D eigenvalue weighted by Gasteiger charge is 2.44. The molecule has 1 nitrogen and oxygen atoms in total. The predicted molar refractivity (Wildman–Crippen MR) is 69.4 cm³/mol. The molecule has 0 spiro atoms.